The highest BCUT2D eigenvalue weighted by molar-refractivity contribution is 7.94. The SMILES string of the molecule is CC1(NC(=O)CC[N+]2(C)CCOCC2)CS(=O)(=O)CC1S(=O)(=O)[O-]. The minimum Gasteiger partial charge on any atom is -0.748 e. The molecule has 2 aliphatic rings. The summed E-state index contributed by atoms with van der Waals surface area (Å²) in [6, 6.07) is 0. The van der Waals surface area contributed by atoms with E-state index in [1.807, 2.05) is 7.05 Å². The molecular formula is C13H24N2O7S2. The lowest BCUT2D eigenvalue weighted by molar-refractivity contribution is -0.916. The standard InChI is InChI=1S/C13H24N2O7S2/c1-13(10-23(17,18)9-11(13)24(19,20)21)14-12(16)3-4-15(2)5-7-22-8-6-15/h11H,3-10H2,1-2H3,(H-,14,16,19,20,21). The van der Waals surface area contributed by atoms with Gasteiger partial charge in [-0.15, -0.1) is 0 Å². The van der Waals surface area contributed by atoms with E-state index in [-0.39, 0.29) is 6.42 Å². The van der Waals surface area contributed by atoms with E-state index in [9.17, 15) is 26.2 Å². The average molecular weight is 384 g/mol. The number of sulfone groups is 1. The normalized spacial score (nSPS) is 32.4. The molecule has 0 aromatic heterocycles. The summed E-state index contributed by atoms with van der Waals surface area (Å²) < 4.78 is 63.6. The van der Waals surface area contributed by atoms with Gasteiger partial charge < -0.3 is 19.1 Å². The molecule has 2 atom stereocenters. The second-order valence-electron chi connectivity index (χ2n) is 7.15. The van der Waals surface area contributed by atoms with Crippen molar-refractivity contribution >= 4 is 25.9 Å². The Balaban J connectivity index is 2.03. The summed E-state index contributed by atoms with van der Waals surface area (Å²) in [6.45, 7) is 4.62. The summed E-state index contributed by atoms with van der Waals surface area (Å²) in [7, 11) is -6.53. The molecule has 0 aromatic rings. The Morgan fingerprint density at radius 2 is 1.96 bits per heavy atom. The van der Waals surface area contributed by atoms with Crippen LogP contribution in [0.3, 0.4) is 0 Å². The predicted molar refractivity (Wildman–Crippen MR) is 84.9 cm³/mol. The van der Waals surface area contributed by atoms with Crippen molar-refractivity contribution in [3.8, 4) is 0 Å². The molecule has 2 fully saturated rings. The Bertz CT molecular complexity index is 698. The van der Waals surface area contributed by atoms with E-state index in [4.69, 9.17) is 4.74 Å². The van der Waals surface area contributed by atoms with E-state index in [1.165, 1.54) is 6.92 Å². The van der Waals surface area contributed by atoms with Gasteiger partial charge in [-0.3, -0.25) is 4.79 Å². The second-order valence-corrected chi connectivity index (χ2v) is 10.8. The highest BCUT2D eigenvalue weighted by Gasteiger charge is 2.51. The lowest BCUT2D eigenvalue weighted by Gasteiger charge is -2.38. The van der Waals surface area contributed by atoms with Crippen molar-refractivity contribution in [2.45, 2.75) is 24.1 Å². The number of hydrogen-bond acceptors (Lipinski definition) is 7. The van der Waals surface area contributed by atoms with E-state index in [0.29, 0.717) is 24.2 Å². The Kier molecular flexibility index (Phi) is 5.32. The maximum atomic E-state index is 12.2. The minimum atomic E-state index is -4.84. The van der Waals surface area contributed by atoms with Gasteiger partial charge in [0.1, 0.15) is 23.2 Å². The van der Waals surface area contributed by atoms with E-state index >= 15 is 0 Å². The molecule has 2 aliphatic heterocycles. The zero-order valence-corrected chi connectivity index (χ0v) is 15.5. The summed E-state index contributed by atoms with van der Waals surface area (Å²) in [5.74, 6) is -1.74. The van der Waals surface area contributed by atoms with Gasteiger partial charge in [-0.25, -0.2) is 16.8 Å². The number of nitrogens with zero attached hydrogens (tertiary/aromatic N) is 1. The Morgan fingerprint density at radius 3 is 2.50 bits per heavy atom. The van der Waals surface area contributed by atoms with Crippen LogP contribution >= 0.6 is 0 Å². The van der Waals surface area contributed by atoms with Crippen LogP contribution in [0.2, 0.25) is 0 Å². The number of rotatable bonds is 5. The molecule has 0 aromatic carbocycles. The molecule has 2 unspecified atom stereocenters. The van der Waals surface area contributed by atoms with Crippen LogP contribution in [0, 0.1) is 0 Å². The molecule has 2 heterocycles. The monoisotopic (exact) mass is 384 g/mol. The van der Waals surface area contributed by atoms with Crippen molar-refractivity contribution in [1.82, 2.24) is 5.32 Å². The fourth-order valence-corrected chi connectivity index (χ4v) is 7.61. The van der Waals surface area contributed by atoms with Gasteiger partial charge in [-0.05, 0) is 6.92 Å². The van der Waals surface area contributed by atoms with Crippen molar-refractivity contribution in [3.05, 3.63) is 0 Å². The summed E-state index contributed by atoms with van der Waals surface area (Å²) >= 11 is 0. The number of nitrogens with one attached hydrogen (secondary N) is 1. The van der Waals surface area contributed by atoms with Gasteiger partial charge in [-0.2, -0.15) is 0 Å². The zero-order valence-electron chi connectivity index (χ0n) is 13.9. The third kappa shape index (κ3) is 4.66. The molecule has 2 rings (SSSR count). The van der Waals surface area contributed by atoms with E-state index in [0.717, 1.165) is 13.1 Å². The zero-order chi connectivity index (χ0) is 18.2. The van der Waals surface area contributed by atoms with Gasteiger partial charge in [0.05, 0.1) is 55.5 Å². The van der Waals surface area contributed by atoms with Gasteiger partial charge in [-0.1, -0.05) is 0 Å². The van der Waals surface area contributed by atoms with Crippen LogP contribution < -0.4 is 5.32 Å². The van der Waals surface area contributed by atoms with Crippen molar-refractivity contribution in [1.29, 1.82) is 0 Å². The van der Waals surface area contributed by atoms with Gasteiger partial charge in [0.15, 0.2) is 9.84 Å². The molecule has 0 radical (unpaired) electrons. The number of morpholine rings is 1. The molecule has 1 amide bonds. The van der Waals surface area contributed by atoms with Crippen LogP contribution in [-0.4, -0.2) is 94.0 Å². The molecule has 11 heteroatoms. The average Bonchev–Trinajstić information content (AvgIpc) is 2.67. The van der Waals surface area contributed by atoms with Crippen molar-refractivity contribution in [2.75, 3.05) is 51.4 Å². The first-order valence-electron chi connectivity index (χ1n) is 7.73. The molecule has 0 spiro atoms. The van der Waals surface area contributed by atoms with Gasteiger partial charge >= 0.3 is 0 Å². The summed E-state index contributed by atoms with van der Waals surface area (Å²) in [6.07, 6.45) is 0.123. The Hall–Kier alpha value is -0.750. The van der Waals surface area contributed by atoms with Crippen molar-refractivity contribution in [3.63, 3.8) is 0 Å². The first-order valence-corrected chi connectivity index (χ1v) is 11.0. The van der Waals surface area contributed by atoms with Gasteiger partial charge in [0.2, 0.25) is 5.91 Å². The van der Waals surface area contributed by atoms with E-state index in [1.54, 1.807) is 0 Å². The lowest BCUT2D eigenvalue weighted by Crippen LogP contribution is -2.58. The highest BCUT2D eigenvalue weighted by atomic mass is 32.2. The molecule has 1 N–H and O–H groups in total. The molecule has 0 saturated carbocycles. The Morgan fingerprint density at radius 1 is 1.38 bits per heavy atom. The van der Waals surface area contributed by atoms with Crippen molar-refractivity contribution in [2.24, 2.45) is 0 Å². The quantitative estimate of drug-likeness (QED) is 0.431. The summed E-state index contributed by atoms with van der Waals surface area (Å²) in [5.41, 5.74) is -1.58. The van der Waals surface area contributed by atoms with Crippen LogP contribution in [0.5, 0.6) is 0 Å². The van der Waals surface area contributed by atoms with Gasteiger partial charge in [0.25, 0.3) is 0 Å². The molecule has 140 valence electrons. The van der Waals surface area contributed by atoms with E-state index in [2.05, 4.69) is 5.32 Å². The minimum absolute atomic E-state index is 0.123. The van der Waals surface area contributed by atoms with Gasteiger partial charge in [0, 0.05) is 0 Å². The number of carbonyl (C=O) groups is 1. The number of carbonyl (C=O) groups excluding carboxylic acids is 1. The van der Waals surface area contributed by atoms with Crippen molar-refractivity contribution < 1.29 is 35.4 Å². The number of hydrogen-bond donors (Lipinski definition) is 1. The molecule has 9 nitrogen and oxygen atoms in total. The Labute approximate surface area is 142 Å². The smallest absolute Gasteiger partial charge is 0.226 e. The van der Waals surface area contributed by atoms with E-state index < -0.39 is 48.2 Å². The van der Waals surface area contributed by atoms with Crippen LogP contribution in [0.15, 0.2) is 0 Å². The maximum Gasteiger partial charge on any atom is 0.226 e. The largest absolute Gasteiger partial charge is 0.748 e. The van der Waals surface area contributed by atoms with Crippen LogP contribution in [0.4, 0.5) is 0 Å². The van der Waals surface area contributed by atoms with Crippen LogP contribution in [0.1, 0.15) is 13.3 Å². The molecule has 0 bridgehead atoms. The molecule has 24 heavy (non-hydrogen) atoms. The third-order valence-electron chi connectivity index (χ3n) is 4.84. The maximum absolute atomic E-state index is 12.2. The summed E-state index contributed by atoms with van der Waals surface area (Å²) in [5, 5.41) is 0.826. The fourth-order valence-electron chi connectivity index (χ4n) is 3.30. The molecule has 2 saturated heterocycles. The number of amides is 1. The topological polar surface area (TPSA) is 130 Å². The highest BCUT2D eigenvalue weighted by Crippen LogP contribution is 2.29. The molecular weight excluding hydrogens is 360 g/mol. The number of ether oxygens (including phenoxy) is 1. The van der Waals surface area contributed by atoms with Crippen LogP contribution in [-0.2, 0) is 29.5 Å². The summed E-state index contributed by atoms with van der Waals surface area (Å²) in [4.78, 5) is 12.2. The fraction of sp³-hybridized carbons (Fsp3) is 0.923. The second kappa shape index (κ2) is 6.52. The first-order chi connectivity index (χ1) is 10.9. The third-order valence-corrected chi connectivity index (χ3v) is 8.31. The number of likely N-dealkylation sites (N-methyl/N-ethyl adjacent to an activating group) is 1. The predicted octanol–water partition coefficient (Wildman–Crippen LogP) is -1.93. The lowest BCUT2D eigenvalue weighted by atomic mass is 10.0. The van der Waals surface area contributed by atoms with Crippen LogP contribution in [0.25, 0.3) is 0 Å². The first kappa shape index (κ1) is 19.6. The molecule has 0 aliphatic carbocycles. The number of quaternary nitrogens is 1.